The van der Waals surface area contributed by atoms with E-state index in [9.17, 15) is 24.3 Å². The molecule has 0 radical (unpaired) electrons. The number of amides is 1. The van der Waals surface area contributed by atoms with E-state index in [1.165, 1.54) is 7.11 Å². The van der Waals surface area contributed by atoms with Crippen molar-refractivity contribution in [3.8, 4) is 0 Å². The Kier molecular flexibility index (Phi) is 4.34. The van der Waals surface area contributed by atoms with E-state index in [1.54, 1.807) is 18.2 Å². The molecule has 11 heteroatoms. The van der Waals surface area contributed by atoms with Gasteiger partial charge in [0, 0.05) is 6.07 Å². The second kappa shape index (κ2) is 6.86. The molecule has 1 amide bonds. The fourth-order valence-corrected chi connectivity index (χ4v) is 3.41. The lowest BCUT2D eigenvalue weighted by atomic mass is 10.0. The number of H-pyrrole nitrogens is 1. The minimum atomic E-state index is -1.35. The summed E-state index contributed by atoms with van der Waals surface area (Å²) >= 11 is 0. The van der Waals surface area contributed by atoms with Crippen LogP contribution in [-0.2, 0) is 11.2 Å². The van der Waals surface area contributed by atoms with E-state index < -0.39 is 23.5 Å². The number of carbonyl (C=O) groups is 3. The molecule has 3 aromatic rings. The minimum Gasteiger partial charge on any atom is -0.477 e. The Bertz CT molecular complexity index is 1230. The van der Waals surface area contributed by atoms with E-state index in [-0.39, 0.29) is 23.2 Å². The number of aromatic carboxylic acids is 1. The Hall–Kier alpha value is -4.02. The van der Waals surface area contributed by atoms with Crippen LogP contribution in [0.4, 0.5) is 0 Å². The maximum atomic E-state index is 12.7. The van der Waals surface area contributed by atoms with Crippen LogP contribution in [0.2, 0.25) is 0 Å². The van der Waals surface area contributed by atoms with E-state index in [2.05, 4.69) is 20.4 Å². The molecule has 0 unspecified atom stereocenters. The van der Waals surface area contributed by atoms with Crippen LogP contribution in [0, 0.1) is 0 Å². The maximum Gasteiger partial charge on any atom is 0.363 e. The first-order valence-corrected chi connectivity index (χ1v) is 8.62. The highest BCUT2D eigenvalue weighted by molar-refractivity contribution is 5.96. The summed E-state index contributed by atoms with van der Waals surface area (Å²) in [5, 5.41) is 14.4. The number of carboxylic acids is 1. The number of aryl methyl sites for hydroxylation is 1. The van der Waals surface area contributed by atoms with Crippen molar-refractivity contribution in [3.63, 3.8) is 0 Å². The van der Waals surface area contributed by atoms with Gasteiger partial charge in [-0.2, -0.15) is 4.98 Å². The Morgan fingerprint density at radius 1 is 1.28 bits per heavy atom. The lowest BCUT2D eigenvalue weighted by Gasteiger charge is -2.14. The van der Waals surface area contributed by atoms with E-state index >= 15 is 0 Å². The summed E-state index contributed by atoms with van der Waals surface area (Å²) in [7, 11) is 1.31. The predicted octanol–water partition coefficient (Wildman–Crippen LogP) is 0.320. The molecule has 1 aliphatic carbocycles. The van der Waals surface area contributed by atoms with Gasteiger partial charge in [0.1, 0.15) is 5.69 Å². The number of methoxy groups -OCH3 is 1. The van der Waals surface area contributed by atoms with Gasteiger partial charge in [0.15, 0.2) is 5.69 Å². The molecule has 11 nitrogen and oxygen atoms in total. The van der Waals surface area contributed by atoms with Crippen LogP contribution in [0.1, 0.15) is 54.9 Å². The van der Waals surface area contributed by atoms with Crippen molar-refractivity contribution in [1.82, 2.24) is 24.9 Å². The summed E-state index contributed by atoms with van der Waals surface area (Å²) in [6.07, 6.45) is 1.27. The molecule has 148 valence electrons. The van der Waals surface area contributed by atoms with Gasteiger partial charge in [0.05, 0.1) is 18.7 Å². The molecule has 2 aromatic heterocycles. The maximum absolute atomic E-state index is 12.7. The van der Waals surface area contributed by atoms with E-state index in [1.807, 2.05) is 0 Å². The van der Waals surface area contributed by atoms with Crippen molar-refractivity contribution in [2.45, 2.75) is 18.9 Å². The van der Waals surface area contributed by atoms with Crippen LogP contribution in [0.3, 0.4) is 0 Å². The van der Waals surface area contributed by atoms with Crippen LogP contribution in [0.5, 0.6) is 0 Å². The molecule has 0 bridgehead atoms. The first kappa shape index (κ1) is 18.3. The fraction of sp³-hybridized carbons (Fsp3) is 0.222. The van der Waals surface area contributed by atoms with Gasteiger partial charge in [0.2, 0.25) is 0 Å². The number of esters is 1. The highest BCUT2D eigenvalue weighted by atomic mass is 16.5. The Balaban J connectivity index is 1.62. The largest absolute Gasteiger partial charge is 0.477 e. The zero-order valence-electron chi connectivity index (χ0n) is 15.1. The number of rotatable bonds is 4. The summed E-state index contributed by atoms with van der Waals surface area (Å²) in [5.41, 5.74) is 0.926. The minimum absolute atomic E-state index is 0.173. The molecule has 29 heavy (non-hydrogen) atoms. The third-order valence-corrected chi connectivity index (χ3v) is 4.74. The van der Waals surface area contributed by atoms with Gasteiger partial charge in [-0.3, -0.25) is 4.79 Å². The Morgan fingerprint density at radius 3 is 2.79 bits per heavy atom. The molecular formula is C18H15N5O6. The molecule has 3 N–H and O–H groups in total. The van der Waals surface area contributed by atoms with E-state index in [0.717, 1.165) is 21.7 Å². The number of nitrogens with one attached hydrogen (secondary N) is 2. The lowest BCUT2D eigenvalue weighted by molar-refractivity contribution is 0.0599. The van der Waals surface area contributed by atoms with Gasteiger partial charge >= 0.3 is 17.6 Å². The van der Waals surface area contributed by atoms with Crippen LogP contribution >= 0.6 is 0 Å². The number of aromatic amines is 1. The molecule has 1 aromatic carbocycles. The Labute approximate surface area is 162 Å². The second-order valence-electron chi connectivity index (χ2n) is 6.47. The summed E-state index contributed by atoms with van der Waals surface area (Å²) in [6, 6.07) is 5.86. The van der Waals surface area contributed by atoms with Crippen LogP contribution < -0.4 is 11.0 Å². The third-order valence-electron chi connectivity index (χ3n) is 4.74. The van der Waals surface area contributed by atoms with Crippen LogP contribution in [-0.4, -0.2) is 49.6 Å². The summed E-state index contributed by atoms with van der Waals surface area (Å²) < 4.78 is 5.62. The number of carbonyl (C=O) groups excluding carboxylic acids is 2. The average molecular weight is 397 g/mol. The number of aromatic nitrogens is 4. The number of ether oxygens (including phenoxy) is 1. The van der Waals surface area contributed by atoms with Crippen molar-refractivity contribution in [3.05, 3.63) is 62.8 Å². The number of benzene rings is 1. The third kappa shape index (κ3) is 3.22. The number of hydrogen-bond donors (Lipinski definition) is 3. The number of fused-ring (bicyclic) bond motifs is 2. The number of nitrogens with zero attached hydrogens (tertiary/aromatic N) is 3. The number of hydrogen-bond acceptors (Lipinski definition) is 7. The summed E-state index contributed by atoms with van der Waals surface area (Å²) in [4.78, 5) is 54.7. The summed E-state index contributed by atoms with van der Waals surface area (Å²) in [6.45, 7) is 0. The van der Waals surface area contributed by atoms with Crippen LogP contribution in [0.15, 0.2) is 29.1 Å². The smallest absolute Gasteiger partial charge is 0.363 e. The molecule has 0 saturated carbocycles. The normalized spacial score (nSPS) is 15.1. The topological polar surface area (TPSA) is 156 Å². The summed E-state index contributed by atoms with van der Waals surface area (Å²) in [5.74, 6) is -2.59. The van der Waals surface area contributed by atoms with Crippen molar-refractivity contribution in [2.75, 3.05) is 7.11 Å². The fourth-order valence-electron chi connectivity index (χ4n) is 3.41. The number of carboxylic acid groups (broad SMARTS) is 1. The van der Waals surface area contributed by atoms with Gasteiger partial charge in [-0.15, -0.1) is 0 Å². The van der Waals surface area contributed by atoms with Crippen molar-refractivity contribution in [2.24, 2.45) is 0 Å². The SMILES string of the molecule is COC(=O)c1ccc2c(c1)CC[C@@H]2NC(=O)c1cc(C(=O)O)n2[nH]c(=O)nc2n1. The van der Waals surface area contributed by atoms with Crippen molar-refractivity contribution >= 4 is 23.6 Å². The molecule has 4 rings (SSSR count). The molecule has 1 atom stereocenters. The second-order valence-corrected chi connectivity index (χ2v) is 6.47. The molecule has 1 aliphatic rings. The molecule has 0 spiro atoms. The lowest BCUT2D eigenvalue weighted by Crippen LogP contribution is -2.28. The van der Waals surface area contributed by atoms with Crippen LogP contribution in [0.25, 0.3) is 5.78 Å². The van der Waals surface area contributed by atoms with Gasteiger partial charge in [-0.1, -0.05) is 6.07 Å². The molecule has 0 aliphatic heterocycles. The highest BCUT2D eigenvalue weighted by Crippen LogP contribution is 2.32. The van der Waals surface area contributed by atoms with Gasteiger partial charge in [-0.05, 0) is 36.1 Å². The molecule has 0 saturated heterocycles. The molecule has 0 fully saturated rings. The monoisotopic (exact) mass is 397 g/mol. The van der Waals surface area contributed by atoms with Gasteiger partial charge in [0.25, 0.3) is 11.7 Å². The first-order chi connectivity index (χ1) is 13.9. The zero-order chi connectivity index (χ0) is 20.7. The van der Waals surface area contributed by atoms with Gasteiger partial charge in [-0.25, -0.2) is 29.0 Å². The first-order valence-electron chi connectivity index (χ1n) is 8.62. The zero-order valence-corrected chi connectivity index (χ0v) is 15.1. The van der Waals surface area contributed by atoms with Crippen molar-refractivity contribution < 1.29 is 24.2 Å². The highest BCUT2D eigenvalue weighted by Gasteiger charge is 2.27. The average Bonchev–Trinajstić information content (AvgIpc) is 3.28. The quantitative estimate of drug-likeness (QED) is 0.532. The molecular weight excluding hydrogens is 382 g/mol. The van der Waals surface area contributed by atoms with Gasteiger partial charge < -0.3 is 15.2 Å². The standard InChI is InChI=1S/C18H15N5O6/c1-29-16(27)9-2-4-10-8(6-9)3-5-11(10)19-14(24)12-7-13(15(25)26)23-17(20-12)21-18(28)22-23/h2,4,6-7,11H,3,5H2,1H3,(H,19,24)(H,22,28)(H,25,26)/t11-/m0/s1. The molecule has 2 heterocycles. The van der Waals surface area contributed by atoms with E-state index in [0.29, 0.717) is 18.4 Å². The van der Waals surface area contributed by atoms with E-state index in [4.69, 9.17) is 4.74 Å². The predicted molar refractivity (Wildman–Crippen MR) is 96.9 cm³/mol. The Morgan fingerprint density at radius 2 is 2.07 bits per heavy atom. The van der Waals surface area contributed by atoms with Crippen molar-refractivity contribution in [1.29, 1.82) is 0 Å².